The van der Waals surface area contributed by atoms with Crippen LogP contribution in [-0.2, 0) is 0 Å². The molecule has 0 aliphatic rings. The average molecular weight is 192 g/mol. The molecule has 0 radical (unpaired) electrons. The van der Waals surface area contributed by atoms with E-state index in [-0.39, 0.29) is 0 Å². The summed E-state index contributed by atoms with van der Waals surface area (Å²) in [5.74, 6) is -0.997. The fourth-order valence-electron chi connectivity index (χ4n) is 1.49. The molecule has 0 aliphatic carbocycles. The van der Waals surface area contributed by atoms with Crippen LogP contribution in [0, 0.1) is 13.8 Å². The van der Waals surface area contributed by atoms with E-state index in [2.05, 4.69) is 0 Å². The lowest BCUT2D eigenvalue weighted by Crippen LogP contribution is -2.17. The number of amides is 2. The van der Waals surface area contributed by atoms with Gasteiger partial charge in [0.15, 0.2) is 0 Å². The monoisotopic (exact) mass is 192 g/mol. The van der Waals surface area contributed by atoms with Crippen molar-refractivity contribution in [3.63, 3.8) is 0 Å². The van der Waals surface area contributed by atoms with E-state index < -0.39 is 11.8 Å². The first-order valence-corrected chi connectivity index (χ1v) is 4.14. The number of primary amides is 2. The third-order valence-electron chi connectivity index (χ3n) is 2.06. The van der Waals surface area contributed by atoms with E-state index in [0.717, 1.165) is 0 Å². The highest BCUT2D eigenvalue weighted by atomic mass is 16.1. The second-order valence-electron chi connectivity index (χ2n) is 3.21. The van der Waals surface area contributed by atoms with Gasteiger partial charge in [0.1, 0.15) is 0 Å². The molecule has 4 heteroatoms. The van der Waals surface area contributed by atoms with Crippen molar-refractivity contribution >= 4 is 11.8 Å². The molecule has 0 atom stereocenters. The lowest BCUT2D eigenvalue weighted by molar-refractivity contribution is 0.0987. The molecule has 2 amide bonds. The van der Waals surface area contributed by atoms with Crippen LogP contribution in [0.4, 0.5) is 0 Å². The number of hydrogen-bond acceptors (Lipinski definition) is 2. The fraction of sp³-hybridized carbons (Fsp3) is 0.200. The maximum absolute atomic E-state index is 11.0. The Morgan fingerprint density at radius 3 is 1.71 bits per heavy atom. The van der Waals surface area contributed by atoms with Gasteiger partial charge in [0.05, 0.1) is 0 Å². The van der Waals surface area contributed by atoms with E-state index >= 15 is 0 Å². The van der Waals surface area contributed by atoms with Crippen molar-refractivity contribution in [2.24, 2.45) is 11.5 Å². The van der Waals surface area contributed by atoms with Gasteiger partial charge in [0.25, 0.3) is 0 Å². The van der Waals surface area contributed by atoms with Gasteiger partial charge < -0.3 is 11.5 Å². The van der Waals surface area contributed by atoms with Crippen LogP contribution in [0.2, 0.25) is 0 Å². The zero-order valence-electron chi connectivity index (χ0n) is 8.13. The Morgan fingerprint density at radius 1 is 1.00 bits per heavy atom. The van der Waals surface area contributed by atoms with E-state index in [1.807, 2.05) is 0 Å². The molecule has 0 aliphatic heterocycles. The van der Waals surface area contributed by atoms with E-state index in [1.54, 1.807) is 26.0 Å². The minimum Gasteiger partial charge on any atom is -0.366 e. The van der Waals surface area contributed by atoms with Gasteiger partial charge in [-0.1, -0.05) is 0 Å². The van der Waals surface area contributed by atoms with Crippen LogP contribution in [-0.4, -0.2) is 11.8 Å². The summed E-state index contributed by atoms with van der Waals surface area (Å²) in [6.45, 7) is 3.44. The summed E-state index contributed by atoms with van der Waals surface area (Å²) < 4.78 is 0. The van der Waals surface area contributed by atoms with Gasteiger partial charge in [-0.05, 0) is 37.1 Å². The maximum Gasteiger partial charge on any atom is 0.249 e. The highest BCUT2D eigenvalue weighted by Crippen LogP contribution is 2.15. The van der Waals surface area contributed by atoms with E-state index in [4.69, 9.17) is 11.5 Å². The van der Waals surface area contributed by atoms with Crippen LogP contribution in [0.3, 0.4) is 0 Å². The summed E-state index contributed by atoms with van der Waals surface area (Å²) >= 11 is 0. The molecule has 1 rings (SSSR count). The van der Waals surface area contributed by atoms with Crippen LogP contribution >= 0.6 is 0 Å². The summed E-state index contributed by atoms with van der Waals surface area (Å²) in [7, 11) is 0. The Hall–Kier alpha value is -1.84. The van der Waals surface area contributed by atoms with Gasteiger partial charge in [-0.2, -0.15) is 0 Å². The number of carbonyl (C=O) groups excluding carboxylic acids is 2. The van der Waals surface area contributed by atoms with Gasteiger partial charge in [-0.25, -0.2) is 0 Å². The Bertz CT molecular complexity index is 388. The number of aryl methyl sites for hydroxylation is 2. The zero-order chi connectivity index (χ0) is 10.9. The summed E-state index contributed by atoms with van der Waals surface area (Å²) in [6.07, 6.45) is 0. The molecule has 1 aromatic rings. The Labute approximate surface area is 81.9 Å². The van der Waals surface area contributed by atoms with Gasteiger partial charge >= 0.3 is 0 Å². The molecule has 0 saturated heterocycles. The lowest BCUT2D eigenvalue weighted by Gasteiger charge is -2.07. The van der Waals surface area contributed by atoms with Crippen molar-refractivity contribution in [1.29, 1.82) is 0 Å². The van der Waals surface area contributed by atoms with Crippen molar-refractivity contribution in [3.05, 3.63) is 34.4 Å². The smallest absolute Gasteiger partial charge is 0.249 e. The van der Waals surface area contributed by atoms with Gasteiger partial charge in [-0.3, -0.25) is 9.59 Å². The van der Waals surface area contributed by atoms with Gasteiger partial charge in [0.2, 0.25) is 11.8 Å². The van der Waals surface area contributed by atoms with Crippen LogP contribution in [0.15, 0.2) is 12.1 Å². The quantitative estimate of drug-likeness (QED) is 0.714. The SMILES string of the molecule is Cc1cc(C(N)=O)cc(C)c1C(N)=O. The maximum atomic E-state index is 11.0. The predicted molar refractivity (Wildman–Crippen MR) is 53.0 cm³/mol. The number of hydrogen-bond donors (Lipinski definition) is 2. The van der Waals surface area contributed by atoms with Crippen molar-refractivity contribution in [2.45, 2.75) is 13.8 Å². The number of benzene rings is 1. The number of rotatable bonds is 2. The fourth-order valence-corrected chi connectivity index (χ4v) is 1.49. The molecular weight excluding hydrogens is 180 g/mol. The molecule has 4 nitrogen and oxygen atoms in total. The highest BCUT2D eigenvalue weighted by Gasteiger charge is 2.11. The van der Waals surface area contributed by atoms with E-state index in [9.17, 15) is 9.59 Å². The third kappa shape index (κ3) is 1.74. The van der Waals surface area contributed by atoms with Crippen molar-refractivity contribution < 1.29 is 9.59 Å². The van der Waals surface area contributed by atoms with Gasteiger partial charge in [-0.15, -0.1) is 0 Å². The Morgan fingerprint density at radius 2 is 1.43 bits per heavy atom. The molecule has 0 saturated carbocycles. The molecule has 0 unspecified atom stereocenters. The minimum absolute atomic E-state index is 0.394. The zero-order valence-corrected chi connectivity index (χ0v) is 8.13. The van der Waals surface area contributed by atoms with Crippen LogP contribution in [0.1, 0.15) is 31.8 Å². The number of carbonyl (C=O) groups is 2. The molecule has 0 aromatic heterocycles. The number of nitrogens with two attached hydrogens (primary N) is 2. The molecule has 0 spiro atoms. The van der Waals surface area contributed by atoms with Crippen molar-refractivity contribution in [2.75, 3.05) is 0 Å². The van der Waals surface area contributed by atoms with Crippen molar-refractivity contribution in [1.82, 2.24) is 0 Å². The lowest BCUT2D eigenvalue weighted by atomic mass is 9.99. The molecular formula is C10H12N2O2. The molecule has 0 fully saturated rings. The first kappa shape index (κ1) is 10.2. The Balaban J connectivity index is 3.39. The van der Waals surface area contributed by atoms with Crippen LogP contribution in [0.25, 0.3) is 0 Å². The van der Waals surface area contributed by atoms with Crippen LogP contribution in [0.5, 0.6) is 0 Å². The summed E-state index contributed by atoms with van der Waals surface area (Å²) in [4.78, 5) is 21.9. The molecule has 0 bridgehead atoms. The first-order valence-electron chi connectivity index (χ1n) is 4.14. The molecule has 74 valence electrons. The normalized spacial score (nSPS) is 9.86. The third-order valence-corrected chi connectivity index (χ3v) is 2.06. The van der Waals surface area contributed by atoms with E-state index in [1.165, 1.54) is 0 Å². The molecule has 0 heterocycles. The molecule has 4 N–H and O–H groups in total. The average Bonchev–Trinajstić information content (AvgIpc) is 2.01. The summed E-state index contributed by atoms with van der Waals surface area (Å²) in [5, 5.41) is 0. The second-order valence-corrected chi connectivity index (χ2v) is 3.21. The highest BCUT2D eigenvalue weighted by molar-refractivity contribution is 5.99. The Kier molecular flexibility index (Phi) is 2.56. The molecule has 1 aromatic carbocycles. The van der Waals surface area contributed by atoms with Crippen LogP contribution < -0.4 is 11.5 Å². The summed E-state index contributed by atoms with van der Waals surface area (Å²) in [6, 6.07) is 3.13. The summed E-state index contributed by atoms with van der Waals surface area (Å²) in [5.41, 5.74) is 12.5. The minimum atomic E-state index is -0.507. The first-order chi connectivity index (χ1) is 6.43. The largest absolute Gasteiger partial charge is 0.366 e. The molecule has 14 heavy (non-hydrogen) atoms. The topological polar surface area (TPSA) is 86.2 Å². The predicted octanol–water partition coefficient (Wildman–Crippen LogP) is 0.501. The second kappa shape index (κ2) is 3.49. The van der Waals surface area contributed by atoms with Gasteiger partial charge in [0, 0.05) is 11.1 Å². The standard InChI is InChI=1S/C10H12N2O2/c1-5-3-7(9(11)13)4-6(2)8(5)10(12)14/h3-4H,1-2H3,(H2,11,13)(H2,12,14). The van der Waals surface area contributed by atoms with Crippen molar-refractivity contribution in [3.8, 4) is 0 Å². The van der Waals surface area contributed by atoms with E-state index in [0.29, 0.717) is 22.3 Å².